The molecule has 0 saturated heterocycles. The number of carbonyl (C=O) groups is 2. The van der Waals surface area contributed by atoms with Crippen molar-refractivity contribution in [2.24, 2.45) is 5.92 Å². The van der Waals surface area contributed by atoms with Crippen LogP contribution in [0.2, 0.25) is 0 Å². The molecule has 8 nitrogen and oxygen atoms in total. The van der Waals surface area contributed by atoms with E-state index in [-0.39, 0.29) is 12.7 Å². The molecule has 1 fully saturated rings. The number of rotatable bonds is 14. The Balaban J connectivity index is 1.84. The van der Waals surface area contributed by atoms with Crippen LogP contribution in [0.25, 0.3) is 0 Å². The van der Waals surface area contributed by atoms with E-state index in [9.17, 15) is 14.7 Å². The number of amides is 1. The van der Waals surface area contributed by atoms with Crippen LogP contribution in [0.1, 0.15) is 38.2 Å². The van der Waals surface area contributed by atoms with Crippen molar-refractivity contribution in [1.29, 1.82) is 0 Å². The van der Waals surface area contributed by atoms with Crippen LogP contribution in [0, 0.1) is 5.92 Å². The number of carboxylic acid groups (broad SMARTS) is 1. The van der Waals surface area contributed by atoms with Crippen LogP contribution in [-0.4, -0.2) is 74.8 Å². The fourth-order valence-electron chi connectivity index (χ4n) is 3.69. The Kier molecular flexibility index (Phi) is 11.2. The molecular formula is C23H35NO7. The highest BCUT2D eigenvalue weighted by Gasteiger charge is 2.23. The summed E-state index contributed by atoms with van der Waals surface area (Å²) in [5, 5.41) is 9.20. The summed E-state index contributed by atoms with van der Waals surface area (Å²) in [5.41, 5.74) is 0.859. The number of hydrogen-bond acceptors (Lipinski definition) is 6. The van der Waals surface area contributed by atoms with Crippen LogP contribution in [0.3, 0.4) is 0 Å². The number of hydrogen-bond donors (Lipinski definition) is 1. The van der Waals surface area contributed by atoms with Crippen LogP contribution in [0.5, 0.6) is 5.75 Å². The van der Waals surface area contributed by atoms with Gasteiger partial charge < -0.3 is 29.0 Å². The molecule has 1 N–H and O–H groups in total. The van der Waals surface area contributed by atoms with Crippen molar-refractivity contribution in [1.82, 2.24) is 4.90 Å². The molecule has 1 aliphatic rings. The summed E-state index contributed by atoms with van der Waals surface area (Å²) < 4.78 is 21.3. The summed E-state index contributed by atoms with van der Waals surface area (Å²) in [7, 11) is 1.57. The first-order valence-corrected chi connectivity index (χ1v) is 11.0. The Labute approximate surface area is 184 Å². The molecule has 8 heteroatoms. The van der Waals surface area contributed by atoms with E-state index in [4.69, 9.17) is 18.9 Å². The standard InChI is InChI=1S/C23H35NO7/c1-3-29-21(22(25)26)16-18-8-10-20(11-9-18)30-13-12-24(17-19-6-4-5-7-19)23(27)31-15-14-28-2/h8-11,19,21H,3-7,12-17H2,1-2H3,(H,25,26). The van der Waals surface area contributed by atoms with Gasteiger partial charge in [0.25, 0.3) is 0 Å². The molecule has 31 heavy (non-hydrogen) atoms. The molecule has 0 aliphatic heterocycles. The average Bonchev–Trinajstić information content (AvgIpc) is 3.27. The third-order valence-corrected chi connectivity index (χ3v) is 5.34. The van der Waals surface area contributed by atoms with Gasteiger partial charge in [0.05, 0.1) is 13.2 Å². The van der Waals surface area contributed by atoms with E-state index in [1.165, 1.54) is 12.8 Å². The molecule has 0 heterocycles. The lowest BCUT2D eigenvalue weighted by atomic mass is 10.1. The average molecular weight is 438 g/mol. The first kappa shape index (κ1) is 24.9. The third-order valence-electron chi connectivity index (χ3n) is 5.34. The molecular weight excluding hydrogens is 402 g/mol. The highest BCUT2D eigenvalue weighted by Crippen LogP contribution is 2.25. The number of aliphatic carboxylic acids is 1. The van der Waals surface area contributed by atoms with E-state index in [1.54, 1.807) is 31.1 Å². The van der Waals surface area contributed by atoms with Gasteiger partial charge in [-0.05, 0) is 43.4 Å². The third kappa shape index (κ3) is 9.14. The van der Waals surface area contributed by atoms with Crippen LogP contribution in [-0.2, 0) is 25.4 Å². The summed E-state index contributed by atoms with van der Waals surface area (Å²) in [6.45, 7) is 4.20. The van der Waals surface area contributed by atoms with Crippen LogP contribution >= 0.6 is 0 Å². The Morgan fingerprint density at radius 3 is 2.45 bits per heavy atom. The van der Waals surface area contributed by atoms with E-state index in [0.29, 0.717) is 51.0 Å². The minimum Gasteiger partial charge on any atom is -0.492 e. The first-order chi connectivity index (χ1) is 15.0. The van der Waals surface area contributed by atoms with Crippen molar-refractivity contribution in [2.45, 2.75) is 45.1 Å². The van der Waals surface area contributed by atoms with Gasteiger partial charge >= 0.3 is 12.1 Å². The van der Waals surface area contributed by atoms with Gasteiger partial charge in [0.15, 0.2) is 6.10 Å². The summed E-state index contributed by atoms with van der Waals surface area (Å²) in [6, 6.07) is 7.27. The van der Waals surface area contributed by atoms with Crippen molar-refractivity contribution >= 4 is 12.1 Å². The predicted octanol–water partition coefficient (Wildman–Crippen LogP) is 3.37. The number of benzene rings is 1. The molecule has 1 atom stereocenters. The largest absolute Gasteiger partial charge is 0.492 e. The Hall–Kier alpha value is -2.32. The molecule has 1 amide bonds. The maximum Gasteiger partial charge on any atom is 0.409 e. The van der Waals surface area contributed by atoms with Crippen LogP contribution in [0.15, 0.2) is 24.3 Å². The maximum absolute atomic E-state index is 12.4. The fourth-order valence-corrected chi connectivity index (χ4v) is 3.69. The smallest absolute Gasteiger partial charge is 0.409 e. The van der Waals surface area contributed by atoms with E-state index < -0.39 is 12.1 Å². The highest BCUT2D eigenvalue weighted by molar-refractivity contribution is 5.72. The predicted molar refractivity (Wildman–Crippen MR) is 115 cm³/mol. The van der Waals surface area contributed by atoms with Gasteiger partial charge in [-0.2, -0.15) is 0 Å². The van der Waals surface area contributed by atoms with E-state index in [1.807, 2.05) is 12.1 Å². The maximum atomic E-state index is 12.4. The molecule has 2 rings (SSSR count). The minimum absolute atomic E-state index is 0.234. The summed E-state index contributed by atoms with van der Waals surface area (Å²) >= 11 is 0. The fraction of sp³-hybridized carbons (Fsp3) is 0.652. The monoisotopic (exact) mass is 437 g/mol. The molecule has 0 bridgehead atoms. The van der Waals surface area contributed by atoms with Gasteiger partial charge in [-0.1, -0.05) is 25.0 Å². The van der Waals surface area contributed by atoms with E-state index in [2.05, 4.69) is 0 Å². The number of methoxy groups -OCH3 is 1. The van der Waals surface area contributed by atoms with Gasteiger partial charge in [0.1, 0.15) is 19.0 Å². The molecule has 0 radical (unpaired) electrons. The number of ether oxygens (including phenoxy) is 4. The Morgan fingerprint density at radius 2 is 1.84 bits per heavy atom. The zero-order valence-electron chi connectivity index (χ0n) is 18.6. The molecule has 174 valence electrons. The van der Waals surface area contributed by atoms with Crippen molar-refractivity contribution < 1.29 is 33.6 Å². The number of nitrogens with zero attached hydrogens (tertiary/aromatic N) is 1. The molecule has 1 saturated carbocycles. The number of carbonyl (C=O) groups excluding carboxylic acids is 1. The summed E-state index contributed by atoms with van der Waals surface area (Å²) in [4.78, 5) is 25.4. The lowest BCUT2D eigenvalue weighted by Gasteiger charge is -2.25. The zero-order valence-corrected chi connectivity index (χ0v) is 18.6. The SMILES string of the molecule is CCOC(Cc1ccc(OCCN(CC2CCCC2)C(=O)OCCOC)cc1)C(=O)O. The van der Waals surface area contributed by atoms with Gasteiger partial charge in [0.2, 0.25) is 0 Å². The Bertz CT molecular complexity index is 658. The zero-order chi connectivity index (χ0) is 22.5. The Morgan fingerprint density at radius 1 is 1.13 bits per heavy atom. The van der Waals surface area contributed by atoms with E-state index >= 15 is 0 Å². The molecule has 1 aromatic carbocycles. The van der Waals surface area contributed by atoms with Crippen molar-refractivity contribution in [3.63, 3.8) is 0 Å². The lowest BCUT2D eigenvalue weighted by Crippen LogP contribution is -2.38. The summed E-state index contributed by atoms with van der Waals surface area (Å²) in [5.74, 6) is 0.212. The molecule has 1 aliphatic carbocycles. The molecule has 1 unspecified atom stereocenters. The molecule has 1 aromatic rings. The second kappa shape index (κ2) is 13.9. The van der Waals surface area contributed by atoms with Crippen LogP contribution < -0.4 is 4.74 Å². The normalized spacial score (nSPS) is 14.9. The van der Waals surface area contributed by atoms with Crippen molar-refractivity contribution in [3.8, 4) is 5.75 Å². The highest BCUT2D eigenvalue weighted by atomic mass is 16.6. The minimum atomic E-state index is -0.970. The lowest BCUT2D eigenvalue weighted by molar-refractivity contribution is -0.149. The second-order valence-corrected chi connectivity index (χ2v) is 7.68. The quantitative estimate of drug-likeness (QED) is 0.446. The van der Waals surface area contributed by atoms with Gasteiger partial charge in [-0.3, -0.25) is 0 Å². The van der Waals surface area contributed by atoms with E-state index in [0.717, 1.165) is 18.4 Å². The van der Waals surface area contributed by atoms with Gasteiger partial charge in [-0.25, -0.2) is 9.59 Å². The molecule has 0 spiro atoms. The van der Waals surface area contributed by atoms with Crippen molar-refractivity contribution in [3.05, 3.63) is 29.8 Å². The van der Waals surface area contributed by atoms with Gasteiger partial charge in [-0.15, -0.1) is 0 Å². The van der Waals surface area contributed by atoms with Crippen molar-refractivity contribution in [2.75, 3.05) is 46.6 Å². The second-order valence-electron chi connectivity index (χ2n) is 7.68. The van der Waals surface area contributed by atoms with Crippen LogP contribution in [0.4, 0.5) is 4.79 Å². The summed E-state index contributed by atoms with van der Waals surface area (Å²) in [6.07, 6.45) is 3.82. The first-order valence-electron chi connectivity index (χ1n) is 11.0. The molecule has 0 aromatic heterocycles. The van der Waals surface area contributed by atoms with Gasteiger partial charge in [0, 0.05) is 26.7 Å². The number of carboxylic acids is 1. The topological polar surface area (TPSA) is 94.5 Å².